The minimum absolute atomic E-state index is 0.00627. The molecule has 1 aromatic carbocycles. The highest BCUT2D eigenvalue weighted by Gasteiger charge is 2.27. The molecule has 3 rings (SSSR count). The van der Waals surface area contributed by atoms with Crippen LogP contribution in [-0.4, -0.2) is 51.6 Å². The van der Waals surface area contributed by atoms with E-state index in [1.807, 2.05) is 46.0 Å². The van der Waals surface area contributed by atoms with Crippen molar-refractivity contribution in [2.75, 3.05) is 24.3 Å². The van der Waals surface area contributed by atoms with E-state index in [9.17, 15) is 14.4 Å². The largest absolute Gasteiger partial charge is 0.483 e. The number of carbonyl (C=O) groups is 3. The molecule has 0 aliphatic heterocycles. The molecule has 0 aliphatic carbocycles. The van der Waals surface area contributed by atoms with Gasteiger partial charge in [0.25, 0.3) is 0 Å². The number of aryl methyl sites for hydroxylation is 2. The van der Waals surface area contributed by atoms with Gasteiger partial charge in [-0.15, -0.1) is 21.5 Å². The van der Waals surface area contributed by atoms with Crippen molar-refractivity contribution in [3.05, 3.63) is 51.2 Å². The standard InChI is InChI=1S/C26H32N4O6S2/c1-8-34-24(32)20-16(5)21(25(33)35-9-2)38-23(20)27-19(31)13-37-26-29-28-22(30(26)7)17(6)36-18-11-10-14(3)15(4)12-18/h10-12,17H,8-9,13H2,1-7H3,(H,27,31). The molecule has 3 aromatic rings. The number of anilines is 1. The first-order valence-electron chi connectivity index (χ1n) is 12.1. The number of rotatable bonds is 11. The van der Waals surface area contributed by atoms with Gasteiger partial charge in [0.15, 0.2) is 17.1 Å². The third kappa shape index (κ3) is 6.73. The van der Waals surface area contributed by atoms with E-state index in [4.69, 9.17) is 14.2 Å². The van der Waals surface area contributed by atoms with E-state index in [0.717, 1.165) is 22.6 Å². The summed E-state index contributed by atoms with van der Waals surface area (Å²) in [7, 11) is 1.81. The Hall–Kier alpha value is -3.38. The van der Waals surface area contributed by atoms with Gasteiger partial charge in [-0.05, 0) is 70.4 Å². The SMILES string of the molecule is CCOC(=O)c1sc(NC(=O)CSc2nnc(C(C)Oc3ccc(C)c(C)c3)n2C)c(C(=O)OCC)c1C. The molecule has 1 N–H and O–H groups in total. The Bertz CT molecular complexity index is 1330. The quantitative estimate of drug-likeness (QED) is 0.254. The molecular formula is C26H32N4O6S2. The van der Waals surface area contributed by atoms with E-state index < -0.39 is 11.9 Å². The van der Waals surface area contributed by atoms with Crippen LogP contribution in [0.25, 0.3) is 0 Å². The number of hydrogen-bond acceptors (Lipinski definition) is 10. The van der Waals surface area contributed by atoms with E-state index in [1.54, 1.807) is 25.3 Å². The van der Waals surface area contributed by atoms with Crippen LogP contribution >= 0.6 is 23.1 Å². The topological polar surface area (TPSA) is 122 Å². The molecule has 10 nitrogen and oxygen atoms in total. The molecule has 12 heteroatoms. The number of nitrogens with zero attached hydrogens (tertiary/aromatic N) is 3. The van der Waals surface area contributed by atoms with Crippen LogP contribution in [0.5, 0.6) is 5.75 Å². The number of nitrogens with one attached hydrogen (secondary N) is 1. The summed E-state index contributed by atoms with van der Waals surface area (Å²) in [6.07, 6.45) is -0.361. The lowest BCUT2D eigenvalue weighted by Crippen LogP contribution is -2.17. The van der Waals surface area contributed by atoms with Gasteiger partial charge in [0, 0.05) is 7.05 Å². The van der Waals surface area contributed by atoms with Gasteiger partial charge in [-0.2, -0.15) is 0 Å². The van der Waals surface area contributed by atoms with Crippen LogP contribution < -0.4 is 10.1 Å². The lowest BCUT2D eigenvalue weighted by molar-refractivity contribution is -0.113. The smallest absolute Gasteiger partial charge is 0.348 e. The van der Waals surface area contributed by atoms with Crippen LogP contribution in [0.4, 0.5) is 5.00 Å². The molecule has 0 saturated heterocycles. The summed E-state index contributed by atoms with van der Waals surface area (Å²) in [6, 6.07) is 5.90. The molecule has 0 aliphatic rings. The van der Waals surface area contributed by atoms with Gasteiger partial charge < -0.3 is 24.1 Å². The molecule has 38 heavy (non-hydrogen) atoms. The Morgan fingerprint density at radius 3 is 2.39 bits per heavy atom. The zero-order valence-electron chi connectivity index (χ0n) is 22.5. The number of amides is 1. The fraction of sp³-hybridized carbons (Fsp3) is 0.423. The first kappa shape index (κ1) is 29.2. The minimum atomic E-state index is -0.615. The average molecular weight is 561 g/mol. The highest BCUT2D eigenvalue weighted by Crippen LogP contribution is 2.34. The lowest BCUT2D eigenvalue weighted by Gasteiger charge is -2.15. The molecule has 0 bridgehead atoms. The molecule has 204 valence electrons. The molecule has 2 heterocycles. The summed E-state index contributed by atoms with van der Waals surface area (Å²) < 4.78 is 18.0. The molecule has 0 radical (unpaired) electrons. The summed E-state index contributed by atoms with van der Waals surface area (Å²) >= 11 is 2.18. The predicted molar refractivity (Wildman–Crippen MR) is 146 cm³/mol. The second-order valence-electron chi connectivity index (χ2n) is 8.44. The van der Waals surface area contributed by atoms with Gasteiger partial charge in [0.2, 0.25) is 5.91 Å². The number of aromatic nitrogens is 3. The van der Waals surface area contributed by atoms with Crippen molar-refractivity contribution in [2.45, 2.75) is 52.8 Å². The zero-order valence-corrected chi connectivity index (χ0v) is 24.2. The molecule has 0 spiro atoms. The molecule has 0 saturated carbocycles. The summed E-state index contributed by atoms with van der Waals surface area (Å²) in [5.41, 5.74) is 2.88. The van der Waals surface area contributed by atoms with Gasteiger partial charge in [-0.25, -0.2) is 9.59 Å². The lowest BCUT2D eigenvalue weighted by atomic mass is 10.1. The van der Waals surface area contributed by atoms with Gasteiger partial charge >= 0.3 is 11.9 Å². The summed E-state index contributed by atoms with van der Waals surface area (Å²) in [5, 5.41) is 12.0. The number of esters is 2. The van der Waals surface area contributed by atoms with Crippen molar-refractivity contribution in [1.82, 2.24) is 14.8 Å². The summed E-state index contributed by atoms with van der Waals surface area (Å²) in [5.74, 6) is -0.186. The van der Waals surface area contributed by atoms with E-state index in [2.05, 4.69) is 15.5 Å². The van der Waals surface area contributed by atoms with Crippen molar-refractivity contribution >= 4 is 45.9 Å². The maximum absolute atomic E-state index is 12.8. The van der Waals surface area contributed by atoms with Gasteiger partial charge in [0.1, 0.15) is 15.6 Å². The maximum atomic E-state index is 12.8. The number of ether oxygens (including phenoxy) is 3. The van der Waals surface area contributed by atoms with Crippen LogP contribution in [0, 0.1) is 20.8 Å². The first-order chi connectivity index (χ1) is 18.1. The van der Waals surface area contributed by atoms with Crippen LogP contribution in [0.15, 0.2) is 23.4 Å². The number of thioether (sulfide) groups is 1. The van der Waals surface area contributed by atoms with Crippen molar-refractivity contribution in [1.29, 1.82) is 0 Å². The third-order valence-electron chi connectivity index (χ3n) is 5.70. The van der Waals surface area contributed by atoms with E-state index in [-0.39, 0.29) is 46.4 Å². The van der Waals surface area contributed by atoms with E-state index in [1.165, 1.54) is 17.3 Å². The van der Waals surface area contributed by atoms with Gasteiger partial charge in [-0.1, -0.05) is 17.8 Å². The van der Waals surface area contributed by atoms with Crippen LogP contribution in [0.2, 0.25) is 0 Å². The fourth-order valence-corrected chi connectivity index (χ4v) is 5.41. The zero-order chi connectivity index (χ0) is 28.0. The van der Waals surface area contributed by atoms with E-state index in [0.29, 0.717) is 16.5 Å². The molecule has 1 atom stereocenters. The minimum Gasteiger partial charge on any atom is -0.483 e. The van der Waals surface area contributed by atoms with E-state index >= 15 is 0 Å². The van der Waals surface area contributed by atoms with Crippen molar-refractivity contribution in [3.8, 4) is 5.75 Å². The van der Waals surface area contributed by atoms with Gasteiger partial charge in [0.05, 0.1) is 24.5 Å². The molecule has 1 unspecified atom stereocenters. The van der Waals surface area contributed by atoms with Crippen LogP contribution in [-0.2, 0) is 21.3 Å². The summed E-state index contributed by atoms with van der Waals surface area (Å²) in [6.45, 7) is 11.3. The molecule has 0 fully saturated rings. The van der Waals surface area contributed by atoms with Crippen LogP contribution in [0.3, 0.4) is 0 Å². The monoisotopic (exact) mass is 560 g/mol. The summed E-state index contributed by atoms with van der Waals surface area (Å²) in [4.78, 5) is 38.0. The Morgan fingerprint density at radius 2 is 1.74 bits per heavy atom. The highest BCUT2D eigenvalue weighted by atomic mass is 32.2. The van der Waals surface area contributed by atoms with Gasteiger partial charge in [-0.3, -0.25) is 4.79 Å². The Balaban J connectivity index is 1.69. The average Bonchev–Trinajstić information content (AvgIpc) is 3.39. The second-order valence-corrected chi connectivity index (χ2v) is 10.4. The van der Waals surface area contributed by atoms with Crippen LogP contribution in [0.1, 0.15) is 69.4 Å². The fourth-order valence-electron chi connectivity index (χ4n) is 3.58. The highest BCUT2D eigenvalue weighted by molar-refractivity contribution is 7.99. The Kier molecular flexibility index (Phi) is 9.92. The molecular weight excluding hydrogens is 528 g/mol. The second kappa shape index (κ2) is 12.9. The molecule has 1 amide bonds. The normalized spacial score (nSPS) is 11.7. The number of benzene rings is 1. The third-order valence-corrected chi connectivity index (χ3v) is 7.90. The maximum Gasteiger partial charge on any atom is 0.348 e. The Labute approximate surface area is 230 Å². The van der Waals surface area contributed by atoms with Crippen molar-refractivity contribution in [2.24, 2.45) is 7.05 Å². The predicted octanol–water partition coefficient (Wildman–Crippen LogP) is 5.03. The first-order valence-corrected chi connectivity index (χ1v) is 13.9. The molecule has 2 aromatic heterocycles. The van der Waals surface area contributed by atoms with Crippen molar-refractivity contribution < 1.29 is 28.6 Å². The number of carbonyl (C=O) groups excluding carboxylic acids is 3. The Morgan fingerprint density at radius 1 is 1.05 bits per heavy atom. The van der Waals surface area contributed by atoms with Crippen molar-refractivity contribution in [3.63, 3.8) is 0 Å². The number of hydrogen-bond donors (Lipinski definition) is 1. The number of thiophene rings is 1.